The summed E-state index contributed by atoms with van der Waals surface area (Å²) in [5.41, 5.74) is 0.766. The van der Waals surface area contributed by atoms with Gasteiger partial charge in [-0.05, 0) is 18.2 Å². The zero-order valence-electron chi connectivity index (χ0n) is 12.1. The van der Waals surface area contributed by atoms with Crippen molar-refractivity contribution in [3.8, 4) is 17.1 Å². The number of alkyl halides is 2. The van der Waals surface area contributed by atoms with Gasteiger partial charge in [-0.25, -0.2) is 17.2 Å². The number of nitrogens with one attached hydrogen (secondary N) is 1. The molecule has 22 heavy (non-hydrogen) atoms. The molecule has 0 aliphatic carbocycles. The third-order valence-electron chi connectivity index (χ3n) is 2.91. The molecule has 0 saturated carbocycles. The quantitative estimate of drug-likeness (QED) is 0.884. The molecule has 0 aliphatic rings. The maximum absolute atomic E-state index is 12.7. The standard InChI is InChI=1S/C14H16F2N2O3S/c1-3-22(19,20)12-6-7-17-13(12)11-5-4-10(8-18-11)21-9-14(2,15)16/h4-8,17H,3,9H2,1-2H3. The van der Waals surface area contributed by atoms with Crippen LogP contribution in [0.2, 0.25) is 0 Å². The number of H-pyrrole nitrogens is 1. The highest BCUT2D eigenvalue weighted by atomic mass is 32.2. The first-order chi connectivity index (χ1) is 10.2. The van der Waals surface area contributed by atoms with Gasteiger partial charge in [0.2, 0.25) is 0 Å². The lowest BCUT2D eigenvalue weighted by atomic mass is 10.3. The summed E-state index contributed by atoms with van der Waals surface area (Å²) in [4.78, 5) is 7.06. The first-order valence-electron chi connectivity index (χ1n) is 6.60. The molecule has 2 heterocycles. The zero-order valence-corrected chi connectivity index (χ0v) is 13.0. The Bertz CT molecular complexity index is 734. The van der Waals surface area contributed by atoms with E-state index in [1.54, 1.807) is 6.92 Å². The third kappa shape index (κ3) is 3.82. The summed E-state index contributed by atoms with van der Waals surface area (Å²) in [5.74, 6) is -2.76. The van der Waals surface area contributed by atoms with Crippen LogP contribution in [0.4, 0.5) is 8.78 Å². The predicted octanol–water partition coefficient (Wildman–Crippen LogP) is 2.90. The van der Waals surface area contributed by atoms with E-state index in [0.717, 1.165) is 6.92 Å². The average molecular weight is 330 g/mol. The number of pyridine rings is 1. The summed E-state index contributed by atoms with van der Waals surface area (Å²) < 4.78 is 54.3. The largest absolute Gasteiger partial charge is 0.486 e. The molecule has 2 rings (SSSR count). The van der Waals surface area contributed by atoms with Gasteiger partial charge in [-0.15, -0.1) is 0 Å². The summed E-state index contributed by atoms with van der Waals surface area (Å²) in [5, 5.41) is 0. The average Bonchev–Trinajstić information content (AvgIpc) is 2.95. The highest BCUT2D eigenvalue weighted by molar-refractivity contribution is 7.91. The lowest BCUT2D eigenvalue weighted by Gasteiger charge is -2.12. The molecular formula is C14H16F2N2O3S. The minimum Gasteiger partial charge on any atom is -0.486 e. The topological polar surface area (TPSA) is 72.0 Å². The number of halogens is 2. The van der Waals surface area contributed by atoms with Crippen LogP contribution in [0.5, 0.6) is 5.75 Å². The smallest absolute Gasteiger partial charge is 0.278 e. The molecule has 0 saturated heterocycles. The van der Waals surface area contributed by atoms with Gasteiger partial charge < -0.3 is 9.72 Å². The molecular weight excluding hydrogens is 314 g/mol. The second-order valence-corrected chi connectivity index (χ2v) is 7.11. The Kier molecular flexibility index (Phi) is 4.50. The molecule has 1 N–H and O–H groups in total. The lowest BCUT2D eigenvalue weighted by molar-refractivity contribution is -0.0230. The summed E-state index contributed by atoms with van der Waals surface area (Å²) in [7, 11) is -3.38. The summed E-state index contributed by atoms with van der Waals surface area (Å²) >= 11 is 0. The van der Waals surface area contributed by atoms with Crippen LogP contribution in [-0.2, 0) is 9.84 Å². The van der Waals surface area contributed by atoms with Gasteiger partial charge in [0.05, 0.1) is 28.2 Å². The van der Waals surface area contributed by atoms with Gasteiger partial charge in [0, 0.05) is 13.1 Å². The molecule has 0 spiro atoms. The van der Waals surface area contributed by atoms with Gasteiger partial charge >= 0.3 is 0 Å². The van der Waals surface area contributed by atoms with Crippen LogP contribution >= 0.6 is 0 Å². The fourth-order valence-electron chi connectivity index (χ4n) is 1.79. The van der Waals surface area contributed by atoms with Crippen LogP contribution in [-0.4, -0.2) is 36.7 Å². The van der Waals surface area contributed by atoms with Crippen LogP contribution in [0, 0.1) is 0 Å². The van der Waals surface area contributed by atoms with Crippen LogP contribution in [0.3, 0.4) is 0 Å². The molecule has 0 aliphatic heterocycles. The van der Waals surface area contributed by atoms with Gasteiger partial charge in [0.15, 0.2) is 16.4 Å². The van der Waals surface area contributed by atoms with Gasteiger partial charge in [0.25, 0.3) is 5.92 Å². The van der Waals surface area contributed by atoms with E-state index < -0.39 is 22.4 Å². The Balaban J connectivity index is 2.24. The highest BCUT2D eigenvalue weighted by Crippen LogP contribution is 2.26. The van der Waals surface area contributed by atoms with Gasteiger partial charge in [-0.3, -0.25) is 4.98 Å². The van der Waals surface area contributed by atoms with E-state index in [1.807, 2.05) is 0 Å². The minimum atomic E-state index is -3.38. The minimum absolute atomic E-state index is 0.0232. The van der Waals surface area contributed by atoms with E-state index in [2.05, 4.69) is 9.97 Å². The Morgan fingerprint density at radius 3 is 2.59 bits per heavy atom. The van der Waals surface area contributed by atoms with E-state index in [9.17, 15) is 17.2 Å². The number of sulfone groups is 1. The van der Waals surface area contributed by atoms with Crippen molar-refractivity contribution in [2.75, 3.05) is 12.4 Å². The van der Waals surface area contributed by atoms with Crippen molar-refractivity contribution in [2.24, 2.45) is 0 Å². The second kappa shape index (κ2) is 6.04. The van der Waals surface area contributed by atoms with Crippen molar-refractivity contribution < 1.29 is 21.9 Å². The molecule has 8 heteroatoms. The number of aromatic amines is 1. The molecule has 2 aromatic heterocycles. The van der Waals surface area contributed by atoms with Crippen LogP contribution in [0.15, 0.2) is 35.5 Å². The normalized spacial score (nSPS) is 12.4. The number of ether oxygens (including phenoxy) is 1. The van der Waals surface area contributed by atoms with Crippen molar-refractivity contribution in [3.05, 3.63) is 30.6 Å². The molecule has 5 nitrogen and oxygen atoms in total. The summed E-state index contributed by atoms with van der Waals surface area (Å²) in [6.07, 6.45) is 2.80. The molecule has 0 radical (unpaired) electrons. The van der Waals surface area contributed by atoms with Gasteiger partial charge in [-0.1, -0.05) is 6.92 Å². The molecule has 0 amide bonds. The van der Waals surface area contributed by atoms with Crippen molar-refractivity contribution in [2.45, 2.75) is 24.7 Å². The molecule has 0 unspecified atom stereocenters. The third-order valence-corrected chi connectivity index (χ3v) is 4.68. The Hall–Kier alpha value is -1.96. The first kappa shape index (κ1) is 16.4. The molecule has 2 aromatic rings. The van der Waals surface area contributed by atoms with E-state index in [0.29, 0.717) is 11.4 Å². The number of nitrogens with zero attached hydrogens (tertiary/aromatic N) is 1. The Morgan fingerprint density at radius 2 is 2.05 bits per heavy atom. The monoisotopic (exact) mass is 330 g/mol. The second-order valence-electron chi connectivity index (χ2n) is 4.86. The highest BCUT2D eigenvalue weighted by Gasteiger charge is 2.22. The number of hydrogen-bond donors (Lipinski definition) is 1. The van der Waals surface area contributed by atoms with Crippen LogP contribution in [0.1, 0.15) is 13.8 Å². The molecule has 0 aromatic carbocycles. The van der Waals surface area contributed by atoms with Crippen LogP contribution < -0.4 is 4.74 Å². The van der Waals surface area contributed by atoms with E-state index in [4.69, 9.17) is 4.74 Å². The van der Waals surface area contributed by atoms with Gasteiger partial charge in [-0.2, -0.15) is 0 Å². The Morgan fingerprint density at radius 1 is 1.32 bits per heavy atom. The number of rotatable bonds is 6. The fourth-order valence-corrected chi connectivity index (χ4v) is 2.85. The van der Waals surface area contributed by atoms with Crippen LogP contribution in [0.25, 0.3) is 11.4 Å². The van der Waals surface area contributed by atoms with Crippen molar-refractivity contribution in [3.63, 3.8) is 0 Å². The Labute approximate surface area is 127 Å². The maximum Gasteiger partial charge on any atom is 0.278 e. The molecule has 0 atom stereocenters. The molecule has 120 valence electrons. The maximum atomic E-state index is 12.7. The SMILES string of the molecule is CCS(=O)(=O)c1cc[nH]c1-c1ccc(OCC(C)(F)F)cn1. The van der Waals surface area contributed by atoms with Crippen molar-refractivity contribution in [1.29, 1.82) is 0 Å². The summed E-state index contributed by atoms with van der Waals surface area (Å²) in [6, 6.07) is 4.46. The molecule has 0 fully saturated rings. The van der Waals surface area contributed by atoms with E-state index in [1.165, 1.54) is 30.6 Å². The fraction of sp³-hybridized carbons (Fsp3) is 0.357. The van der Waals surface area contributed by atoms with Gasteiger partial charge in [0.1, 0.15) is 5.75 Å². The number of aromatic nitrogens is 2. The first-order valence-corrected chi connectivity index (χ1v) is 8.25. The van der Waals surface area contributed by atoms with Crippen molar-refractivity contribution in [1.82, 2.24) is 9.97 Å². The predicted molar refractivity (Wildman–Crippen MR) is 77.9 cm³/mol. The summed E-state index contributed by atoms with van der Waals surface area (Å²) in [6.45, 7) is 1.57. The lowest BCUT2D eigenvalue weighted by Crippen LogP contribution is -2.20. The number of hydrogen-bond acceptors (Lipinski definition) is 4. The molecule has 0 bridgehead atoms. The van der Waals surface area contributed by atoms with E-state index in [-0.39, 0.29) is 16.4 Å². The van der Waals surface area contributed by atoms with E-state index >= 15 is 0 Å². The zero-order chi connectivity index (χ0) is 16.4. The van der Waals surface area contributed by atoms with Crippen molar-refractivity contribution >= 4 is 9.84 Å².